The first-order valence-corrected chi connectivity index (χ1v) is 17.4. The molecule has 3 heterocycles. The molecule has 5 heteroatoms. The lowest BCUT2D eigenvalue weighted by Gasteiger charge is -2.35. The van der Waals surface area contributed by atoms with Crippen molar-refractivity contribution in [3.8, 4) is 27.3 Å². The number of nitrogens with zero attached hydrogens (tertiary/aromatic N) is 1. The second-order valence-electron chi connectivity index (χ2n) is 11.9. The molecule has 1 N–H and O–H groups in total. The van der Waals surface area contributed by atoms with Gasteiger partial charge in [0.15, 0.2) is 5.52 Å². The first kappa shape index (κ1) is 26.8. The maximum atomic E-state index is 5.52. The minimum Gasteiger partial charge on any atom is -0.497 e. The number of benzene rings is 3. The van der Waals surface area contributed by atoms with Crippen molar-refractivity contribution in [2.75, 3.05) is 7.11 Å². The molecule has 6 rings (SSSR count). The molecular weight excluding hydrogens is 525 g/mol. The Labute approximate surface area is 242 Å². The van der Waals surface area contributed by atoms with Crippen LogP contribution in [0, 0.1) is 0 Å². The van der Waals surface area contributed by atoms with Crippen molar-refractivity contribution < 1.29 is 8.97 Å². The van der Waals surface area contributed by atoms with Gasteiger partial charge in [0.1, 0.15) is 11.9 Å². The largest absolute Gasteiger partial charge is 0.497 e. The van der Waals surface area contributed by atoms with Gasteiger partial charge in [0, 0.05) is 62.4 Å². The molecule has 0 bridgehead atoms. The average molecular weight is 564 g/mol. The van der Waals surface area contributed by atoms with E-state index in [1.54, 1.807) is 7.11 Å². The predicted molar refractivity (Wildman–Crippen MR) is 175 cm³/mol. The summed E-state index contributed by atoms with van der Waals surface area (Å²) in [7, 11) is -0.209. The van der Waals surface area contributed by atoms with Crippen molar-refractivity contribution in [3.63, 3.8) is 0 Å². The van der Waals surface area contributed by atoms with Crippen LogP contribution in [0.4, 0.5) is 0 Å². The molecule has 0 saturated heterocycles. The molecule has 0 atom stereocenters. The van der Waals surface area contributed by atoms with E-state index in [2.05, 4.69) is 129 Å². The van der Waals surface area contributed by atoms with Crippen molar-refractivity contribution >= 4 is 52.0 Å². The minimum absolute atomic E-state index is 0.618. The number of rotatable bonds is 7. The quantitative estimate of drug-likeness (QED) is 0.152. The van der Waals surface area contributed by atoms with Crippen LogP contribution in [-0.4, -0.2) is 20.3 Å². The first-order chi connectivity index (χ1) is 19.3. The van der Waals surface area contributed by atoms with Crippen LogP contribution in [0.15, 0.2) is 84.6 Å². The number of hydrogen-bond acceptors (Lipinski definition) is 2. The van der Waals surface area contributed by atoms with E-state index in [1.807, 2.05) is 17.5 Å². The number of nitrogens with one attached hydrogen (secondary N) is 1. The van der Waals surface area contributed by atoms with Gasteiger partial charge in [-0.15, -0.1) is 11.3 Å². The zero-order valence-corrected chi connectivity index (χ0v) is 26.4. The van der Waals surface area contributed by atoms with E-state index in [0.717, 1.165) is 5.75 Å². The standard InChI is InChI=1S/C35H38N2OSSi/c1-22(2)40(23(3)4,24(5)6)37-19-17-28-31(37)15-14-29-34(32-9-8-20-39-32)27-16-18-36-21-30(27)33(35(28)29)25-10-12-26(38-7)13-11-25/h8-24H,1-7H3/p+1. The summed E-state index contributed by atoms with van der Waals surface area (Å²) in [6, 6.07) is 22.4. The minimum atomic E-state index is -1.94. The summed E-state index contributed by atoms with van der Waals surface area (Å²) in [5.41, 5.74) is 7.02. The fraction of sp³-hybridized carbons (Fsp3) is 0.286. The van der Waals surface area contributed by atoms with E-state index in [0.29, 0.717) is 16.6 Å². The monoisotopic (exact) mass is 563 g/mol. The fourth-order valence-electron chi connectivity index (χ4n) is 7.75. The second kappa shape index (κ2) is 10.2. The lowest BCUT2D eigenvalue weighted by Crippen LogP contribution is -2.69. The summed E-state index contributed by atoms with van der Waals surface area (Å²) in [6.45, 7) is 14.7. The number of aromatic nitrogens is 2. The van der Waals surface area contributed by atoms with Gasteiger partial charge in [0.25, 0.3) is 0 Å². The molecule has 6 aromatic rings. The van der Waals surface area contributed by atoms with Gasteiger partial charge in [0.2, 0.25) is 0 Å². The number of fused-ring (bicyclic) bond motifs is 4. The van der Waals surface area contributed by atoms with Crippen LogP contribution < -0.4 is 8.97 Å². The highest BCUT2D eigenvalue weighted by Crippen LogP contribution is 2.47. The highest BCUT2D eigenvalue weighted by atomic mass is 32.1. The van der Waals surface area contributed by atoms with Crippen molar-refractivity contribution in [3.05, 3.63) is 84.6 Å². The Kier molecular flexibility index (Phi) is 6.84. The number of pyridine rings is 1. The molecule has 204 valence electrons. The summed E-state index contributed by atoms with van der Waals surface area (Å²) in [6.07, 6.45) is 6.64. The van der Waals surface area contributed by atoms with Crippen molar-refractivity contribution in [2.24, 2.45) is 0 Å². The number of aromatic amines is 1. The Morgan fingerprint density at radius 2 is 1.48 bits per heavy atom. The van der Waals surface area contributed by atoms with Gasteiger partial charge < -0.3 is 9.72 Å². The van der Waals surface area contributed by atoms with E-state index < -0.39 is 8.24 Å². The third-order valence-electron chi connectivity index (χ3n) is 9.13. The number of ether oxygens (including phenoxy) is 1. The lowest BCUT2D eigenvalue weighted by atomic mass is 9.87. The molecule has 0 saturated carbocycles. The summed E-state index contributed by atoms with van der Waals surface area (Å²) in [5.74, 6) is 0.872. The van der Waals surface area contributed by atoms with Crippen LogP contribution in [0.25, 0.3) is 54.0 Å². The smallest absolute Gasteiger partial charge is 0.371 e. The zero-order valence-electron chi connectivity index (χ0n) is 24.6. The third kappa shape index (κ3) is 3.86. The summed E-state index contributed by atoms with van der Waals surface area (Å²) < 4.78 is 8.26. The molecule has 3 aromatic heterocycles. The van der Waals surface area contributed by atoms with Crippen LogP contribution in [-0.2, 0) is 0 Å². The molecule has 3 nitrogen and oxygen atoms in total. The van der Waals surface area contributed by atoms with E-state index in [-0.39, 0.29) is 0 Å². The zero-order chi connectivity index (χ0) is 28.2. The predicted octanol–water partition coefficient (Wildman–Crippen LogP) is 10.2. The molecule has 3 aromatic carbocycles. The van der Waals surface area contributed by atoms with E-state index in [4.69, 9.17) is 4.74 Å². The van der Waals surface area contributed by atoms with E-state index >= 15 is 0 Å². The van der Waals surface area contributed by atoms with Gasteiger partial charge in [-0.25, -0.2) is 0 Å². The van der Waals surface area contributed by atoms with Gasteiger partial charge >= 0.3 is 8.24 Å². The maximum Gasteiger partial charge on any atom is 0.371 e. The average Bonchev–Trinajstić information content (AvgIpc) is 3.62. The SMILES string of the molecule is COc1ccc(-c2c3c[nH]ccc3c(-c3cccs3)c3ccc4c(cc[n+]4[Si](C(C)C)(C(C)C)C(C)C)c23)cc1. The van der Waals surface area contributed by atoms with Crippen LogP contribution in [0.1, 0.15) is 41.5 Å². The van der Waals surface area contributed by atoms with Gasteiger partial charge in [-0.2, -0.15) is 0 Å². The third-order valence-corrected chi connectivity index (χ3v) is 16.8. The highest BCUT2D eigenvalue weighted by molar-refractivity contribution is 7.13. The molecule has 0 unspecified atom stereocenters. The molecule has 0 aliphatic heterocycles. The van der Waals surface area contributed by atoms with E-state index in [1.165, 1.54) is 54.0 Å². The highest BCUT2D eigenvalue weighted by Gasteiger charge is 2.56. The Bertz CT molecular complexity index is 1790. The number of hydrogen-bond donors (Lipinski definition) is 1. The summed E-state index contributed by atoms with van der Waals surface area (Å²) >= 11 is 1.81. The summed E-state index contributed by atoms with van der Waals surface area (Å²) in [5, 5.41) is 8.67. The summed E-state index contributed by atoms with van der Waals surface area (Å²) in [4.78, 5) is 4.71. The van der Waals surface area contributed by atoms with Gasteiger partial charge in [-0.3, -0.25) is 4.23 Å². The first-order valence-electron chi connectivity index (χ1n) is 14.4. The van der Waals surface area contributed by atoms with Crippen LogP contribution in [0.2, 0.25) is 16.6 Å². The van der Waals surface area contributed by atoms with Gasteiger partial charge in [-0.1, -0.05) is 59.7 Å². The number of methoxy groups -OCH3 is 1. The number of H-pyrrole nitrogens is 1. The fourth-order valence-corrected chi connectivity index (χ4v) is 15.2. The lowest BCUT2D eigenvalue weighted by molar-refractivity contribution is -0.521. The van der Waals surface area contributed by atoms with Crippen LogP contribution in [0.3, 0.4) is 0 Å². The molecule has 0 aliphatic rings. The number of thiophene rings is 1. The topological polar surface area (TPSA) is 28.9 Å². The molecule has 40 heavy (non-hydrogen) atoms. The van der Waals surface area contributed by atoms with Gasteiger partial charge in [0.05, 0.1) is 12.5 Å². The molecule has 0 fully saturated rings. The molecule has 0 amide bonds. The Balaban J connectivity index is 1.82. The van der Waals surface area contributed by atoms with Crippen LogP contribution >= 0.6 is 11.3 Å². The van der Waals surface area contributed by atoms with Crippen LogP contribution in [0.5, 0.6) is 5.75 Å². The Morgan fingerprint density at radius 3 is 2.10 bits per heavy atom. The maximum absolute atomic E-state index is 5.52. The normalized spacial score (nSPS) is 12.6. The molecule has 0 spiro atoms. The van der Waals surface area contributed by atoms with Crippen molar-refractivity contribution in [1.82, 2.24) is 4.98 Å². The Hall–Kier alpha value is -3.41. The van der Waals surface area contributed by atoms with E-state index in [9.17, 15) is 0 Å². The Morgan fingerprint density at radius 1 is 0.750 bits per heavy atom. The molecular formula is C35H39N2OSSi+. The second-order valence-corrected chi connectivity index (χ2v) is 18.6. The van der Waals surface area contributed by atoms with Gasteiger partial charge in [-0.05, 0) is 57.6 Å². The van der Waals surface area contributed by atoms with Crippen molar-refractivity contribution in [1.29, 1.82) is 0 Å². The molecule has 0 radical (unpaired) electrons. The molecule has 0 aliphatic carbocycles. The van der Waals surface area contributed by atoms with Crippen molar-refractivity contribution in [2.45, 2.75) is 58.2 Å².